The Labute approximate surface area is 139 Å². The molecule has 1 atom stereocenters. The van der Waals surface area contributed by atoms with Gasteiger partial charge in [-0.1, -0.05) is 0 Å². The molecule has 1 N–H and O–H groups in total. The zero-order valence-corrected chi connectivity index (χ0v) is 13.5. The monoisotopic (exact) mass is 326 g/mol. The SMILES string of the molecule is C[C@H](NCc1ccc(-c2ccc(F)cc2)o1)c1nnc2n1CCC2. The molecule has 0 bridgehead atoms. The maximum absolute atomic E-state index is 13.0. The molecule has 0 fully saturated rings. The number of aryl methyl sites for hydroxylation is 1. The van der Waals surface area contributed by atoms with E-state index < -0.39 is 0 Å². The maximum atomic E-state index is 13.0. The van der Waals surface area contributed by atoms with Gasteiger partial charge in [0.25, 0.3) is 0 Å². The number of hydrogen-bond donors (Lipinski definition) is 1. The van der Waals surface area contributed by atoms with E-state index in [1.165, 1.54) is 12.1 Å². The summed E-state index contributed by atoms with van der Waals surface area (Å²) < 4.78 is 21.0. The molecule has 0 saturated heterocycles. The third kappa shape index (κ3) is 2.85. The standard InChI is InChI=1S/C18H19FN4O/c1-12(18-22-21-17-3-2-10-23(17)18)20-11-15-8-9-16(24-15)13-4-6-14(19)7-5-13/h4-9,12,20H,2-3,10-11H2,1H3/t12-/m0/s1. The highest BCUT2D eigenvalue weighted by Gasteiger charge is 2.21. The molecule has 0 amide bonds. The molecule has 1 aromatic carbocycles. The number of furan rings is 1. The van der Waals surface area contributed by atoms with Crippen molar-refractivity contribution in [2.75, 3.05) is 0 Å². The molecular formula is C18H19FN4O. The van der Waals surface area contributed by atoms with E-state index in [9.17, 15) is 4.39 Å². The molecule has 4 rings (SSSR count). The van der Waals surface area contributed by atoms with E-state index in [0.29, 0.717) is 6.54 Å². The lowest BCUT2D eigenvalue weighted by Gasteiger charge is -2.12. The normalized spacial score (nSPS) is 14.8. The molecule has 1 aliphatic heterocycles. The van der Waals surface area contributed by atoms with Crippen molar-refractivity contribution in [2.45, 2.75) is 38.9 Å². The number of fused-ring (bicyclic) bond motifs is 1. The highest BCUT2D eigenvalue weighted by atomic mass is 19.1. The molecule has 0 aliphatic carbocycles. The second-order valence-electron chi connectivity index (χ2n) is 6.11. The van der Waals surface area contributed by atoms with Crippen LogP contribution in [0.2, 0.25) is 0 Å². The fourth-order valence-corrected chi connectivity index (χ4v) is 3.08. The van der Waals surface area contributed by atoms with Gasteiger partial charge >= 0.3 is 0 Å². The summed E-state index contributed by atoms with van der Waals surface area (Å²) >= 11 is 0. The first-order valence-electron chi connectivity index (χ1n) is 8.21. The number of nitrogens with zero attached hydrogens (tertiary/aromatic N) is 3. The topological polar surface area (TPSA) is 55.9 Å². The van der Waals surface area contributed by atoms with Gasteiger partial charge in [0.1, 0.15) is 29.0 Å². The van der Waals surface area contributed by atoms with Crippen LogP contribution in [0.15, 0.2) is 40.8 Å². The lowest BCUT2D eigenvalue weighted by Crippen LogP contribution is -2.21. The Hall–Kier alpha value is -2.47. The van der Waals surface area contributed by atoms with Crippen LogP contribution in [0.4, 0.5) is 4.39 Å². The Kier molecular flexibility index (Phi) is 3.90. The van der Waals surface area contributed by atoms with Crippen LogP contribution in [0.25, 0.3) is 11.3 Å². The Bertz CT molecular complexity index is 837. The number of aromatic nitrogens is 3. The average Bonchev–Trinajstić information content (AvgIpc) is 3.30. The first-order valence-corrected chi connectivity index (χ1v) is 8.21. The van der Waals surface area contributed by atoms with Crippen LogP contribution < -0.4 is 5.32 Å². The van der Waals surface area contributed by atoms with Crippen molar-refractivity contribution in [3.63, 3.8) is 0 Å². The van der Waals surface area contributed by atoms with Crippen LogP contribution in [-0.4, -0.2) is 14.8 Å². The second kappa shape index (κ2) is 6.20. The van der Waals surface area contributed by atoms with Gasteiger partial charge in [0.15, 0.2) is 0 Å². The molecule has 0 spiro atoms. The van der Waals surface area contributed by atoms with E-state index in [4.69, 9.17) is 4.42 Å². The third-order valence-corrected chi connectivity index (χ3v) is 4.40. The summed E-state index contributed by atoms with van der Waals surface area (Å²) in [7, 11) is 0. The summed E-state index contributed by atoms with van der Waals surface area (Å²) in [6.07, 6.45) is 2.16. The lowest BCUT2D eigenvalue weighted by molar-refractivity contribution is 0.451. The van der Waals surface area contributed by atoms with Crippen LogP contribution in [0.5, 0.6) is 0 Å². The van der Waals surface area contributed by atoms with Crippen molar-refractivity contribution in [3.8, 4) is 11.3 Å². The van der Waals surface area contributed by atoms with Gasteiger partial charge in [-0.15, -0.1) is 10.2 Å². The highest BCUT2D eigenvalue weighted by Crippen LogP contribution is 2.23. The summed E-state index contributed by atoms with van der Waals surface area (Å²) in [5, 5.41) is 12.0. The number of benzene rings is 1. The molecule has 2 aromatic heterocycles. The second-order valence-corrected chi connectivity index (χ2v) is 6.11. The zero-order chi connectivity index (χ0) is 16.5. The van der Waals surface area contributed by atoms with Gasteiger partial charge in [-0.3, -0.25) is 0 Å². The van der Waals surface area contributed by atoms with Crippen LogP contribution in [0.3, 0.4) is 0 Å². The Morgan fingerprint density at radius 2 is 2.04 bits per heavy atom. The summed E-state index contributed by atoms with van der Waals surface area (Å²) in [5.74, 6) is 3.38. The largest absolute Gasteiger partial charge is 0.460 e. The fraction of sp³-hybridized carbons (Fsp3) is 0.333. The first kappa shape index (κ1) is 15.1. The van der Waals surface area contributed by atoms with Crippen molar-refractivity contribution >= 4 is 0 Å². The van der Waals surface area contributed by atoms with Crippen molar-refractivity contribution in [1.82, 2.24) is 20.1 Å². The van der Waals surface area contributed by atoms with Gasteiger partial charge in [0, 0.05) is 18.5 Å². The number of rotatable bonds is 5. The highest BCUT2D eigenvalue weighted by molar-refractivity contribution is 5.57. The predicted molar refractivity (Wildman–Crippen MR) is 87.7 cm³/mol. The molecule has 1 aliphatic rings. The van der Waals surface area contributed by atoms with Crippen molar-refractivity contribution in [2.24, 2.45) is 0 Å². The molecule has 6 heteroatoms. The predicted octanol–water partition coefficient (Wildman–Crippen LogP) is 3.47. The van der Waals surface area contributed by atoms with Crippen molar-refractivity contribution in [3.05, 3.63) is 59.6 Å². The molecule has 0 unspecified atom stereocenters. The van der Waals surface area contributed by atoms with E-state index in [0.717, 1.165) is 48.1 Å². The number of nitrogens with one attached hydrogen (secondary N) is 1. The Morgan fingerprint density at radius 3 is 2.88 bits per heavy atom. The van der Waals surface area contributed by atoms with Gasteiger partial charge in [0.2, 0.25) is 0 Å². The van der Waals surface area contributed by atoms with Crippen LogP contribution >= 0.6 is 0 Å². The Balaban J connectivity index is 1.42. The van der Waals surface area contributed by atoms with Crippen molar-refractivity contribution in [1.29, 1.82) is 0 Å². The summed E-state index contributed by atoms with van der Waals surface area (Å²) in [5.41, 5.74) is 0.867. The minimum absolute atomic E-state index is 0.101. The van der Waals surface area contributed by atoms with Crippen LogP contribution in [0.1, 0.15) is 36.8 Å². The molecule has 3 aromatic rings. The van der Waals surface area contributed by atoms with Gasteiger partial charge in [-0.2, -0.15) is 0 Å². The van der Waals surface area contributed by atoms with Crippen LogP contribution in [-0.2, 0) is 19.5 Å². The van der Waals surface area contributed by atoms with E-state index >= 15 is 0 Å². The molecule has 0 radical (unpaired) electrons. The van der Waals surface area contributed by atoms with Gasteiger partial charge in [0.05, 0.1) is 12.6 Å². The third-order valence-electron chi connectivity index (χ3n) is 4.40. The Morgan fingerprint density at radius 1 is 1.21 bits per heavy atom. The minimum atomic E-state index is -0.248. The van der Waals surface area contributed by atoms with E-state index in [2.05, 4.69) is 27.0 Å². The molecule has 0 saturated carbocycles. The quantitative estimate of drug-likeness (QED) is 0.780. The molecule has 124 valence electrons. The molecular weight excluding hydrogens is 307 g/mol. The van der Waals surface area contributed by atoms with Crippen molar-refractivity contribution < 1.29 is 8.81 Å². The van der Waals surface area contributed by atoms with Gasteiger partial charge < -0.3 is 14.3 Å². The van der Waals surface area contributed by atoms with E-state index in [-0.39, 0.29) is 11.9 Å². The van der Waals surface area contributed by atoms with Gasteiger partial charge in [-0.05, 0) is 49.7 Å². The smallest absolute Gasteiger partial charge is 0.149 e. The summed E-state index contributed by atoms with van der Waals surface area (Å²) in [6, 6.07) is 10.2. The van der Waals surface area contributed by atoms with Crippen LogP contribution in [0, 0.1) is 5.82 Å². The molecule has 24 heavy (non-hydrogen) atoms. The summed E-state index contributed by atoms with van der Waals surface area (Å²) in [6.45, 7) is 3.68. The fourth-order valence-electron chi connectivity index (χ4n) is 3.08. The molecule has 3 heterocycles. The number of halogens is 1. The zero-order valence-electron chi connectivity index (χ0n) is 13.5. The van der Waals surface area contributed by atoms with Gasteiger partial charge in [-0.25, -0.2) is 4.39 Å². The maximum Gasteiger partial charge on any atom is 0.149 e. The lowest BCUT2D eigenvalue weighted by atomic mass is 10.2. The van der Waals surface area contributed by atoms with E-state index in [1.807, 2.05) is 12.1 Å². The minimum Gasteiger partial charge on any atom is -0.460 e. The molecule has 5 nitrogen and oxygen atoms in total. The number of hydrogen-bond acceptors (Lipinski definition) is 4. The van der Waals surface area contributed by atoms with E-state index in [1.54, 1.807) is 12.1 Å². The first-order chi connectivity index (χ1) is 11.7. The summed E-state index contributed by atoms with van der Waals surface area (Å²) in [4.78, 5) is 0. The average molecular weight is 326 g/mol.